The number of halogens is 1. The first-order valence-electron chi connectivity index (χ1n) is 4.27. The number of rotatable bonds is 2. The van der Waals surface area contributed by atoms with Crippen molar-refractivity contribution in [1.82, 2.24) is 4.98 Å². The fraction of sp³-hybridized carbons (Fsp3) is 0.300. The van der Waals surface area contributed by atoms with Crippen LogP contribution < -0.4 is 0 Å². The van der Waals surface area contributed by atoms with Gasteiger partial charge in [0.1, 0.15) is 5.52 Å². The van der Waals surface area contributed by atoms with Crippen molar-refractivity contribution in [1.29, 1.82) is 0 Å². The first kappa shape index (κ1) is 8.75. The van der Waals surface area contributed by atoms with Crippen LogP contribution in [0.15, 0.2) is 22.6 Å². The number of aryl methyl sites for hydroxylation is 1. The van der Waals surface area contributed by atoms with E-state index in [1.165, 1.54) is 5.56 Å². The molecule has 2 aromatic rings. The summed E-state index contributed by atoms with van der Waals surface area (Å²) < 4.78 is 5.49. The quantitative estimate of drug-likeness (QED) is 0.753. The topological polar surface area (TPSA) is 26.0 Å². The molecule has 0 radical (unpaired) electrons. The lowest BCUT2D eigenvalue weighted by Gasteiger charge is -1.91. The van der Waals surface area contributed by atoms with Crippen LogP contribution in [0.5, 0.6) is 0 Å². The molecule has 68 valence electrons. The van der Waals surface area contributed by atoms with Gasteiger partial charge in [-0.2, -0.15) is 0 Å². The number of hydrogen-bond donors (Lipinski definition) is 0. The zero-order valence-corrected chi connectivity index (χ0v) is 8.97. The summed E-state index contributed by atoms with van der Waals surface area (Å²) in [7, 11) is 0. The summed E-state index contributed by atoms with van der Waals surface area (Å²) in [5, 5.41) is 0.858. The predicted octanol–water partition coefficient (Wildman–Crippen LogP) is 3.29. The number of oxazole rings is 1. The highest BCUT2D eigenvalue weighted by atomic mass is 79.9. The molecule has 0 unspecified atom stereocenters. The number of aromatic nitrogens is 1. The molecule has 1 heterocycles. The van der Waals surface area contributed by atoms with E-state index in [0.29, 0.717) is 0 Å². The third-order valence-corrected chi connectivity index (χ3v) is 2.60. The third kappa shape index (κ3) is 1.61. The van der Waals surface area contributed by atoms with Gasteiger partial charge < -0.3 is 4.42 Å². The van der Waals surface area contributed by atoms with Crippen molar-refractivity contribution < 1.29 is 4.42 Å². The Kier molecular flexibility index (Phi) is 2.36. The normalized spacial score (nSPS) is 10.9. The van der Waals surface area contributed by atoms with Gasteiger partial charge in [0.05, 0.1) is 0 Å². The van der Waals surface area contributed by atoms with Crippen LogP contribution in [0.2, 0.25) is 0 Å². The Balaban J connectivity index is 2.57. The molecule has 0 aliphatic heterocycles. The fourth-order valence-electron chi connectivity index (χ4n) is 1.26. The Morgan fingerprint density at radius 3 is 3.00 bits per heavy atom. The van der Waals surface area contributed by atoms with Crippen molar-refractivity contribution in [2.45, 2.75) is 18.7 Å². The Morgan fingerprint density at radius 2 is 2.31 bits per heavy atom. The molecular weight excluding hydrogens is 230 g/mol. The van der Waals surface area contributed by atoms with Crippen molar-refractivity contribution in [3.63, 3.8) is 0 Å². The lowest BCUT2D eigenvalue weighted by Crippen LogP contribution is -1.77. The zero-order valence-electron chi connectivity index (χ0n) is 7.38. The van der Waals surface area contributed by atoms with Gasteiger partial charge in [0.25, 0.3) is 0 Å². The molecule has 0 saturated carbocycles. The minimum atomic E-state index is 0.807. The Bertz CT molecular complexity index is 420. The summed E-state index contributed by atoms with van der Waals surface area (Å²) in [6.07, 6.45) is 0.846. The van der Waals surface area contributed by atoms with Gasteiger partial charge in [0, 0.05) is 11.8 Å². The van der Waals surface area contributed by atoms with Crippen molar-refractivity contribution >= 4 is 27.0 Å². The first-order chi connectivity index (χ1) is 6.33. The Morgan fingerprint density at radius 1 is 1.46 bits per heavy atom. The van der Waals surface area contributed by atoms with Crippen LogP contribution in [0.3, 0.4) is 0 Å². The second-order valence-electron chi connectivity index (χ2n) is 2.90. The maximum atomic E-state index is 5.49. The summed E-state index contributed by atoms with van der Waals surface area (Å²) in [4.78, 5) is 4.35. The van der Waals surface area contributed by atoms with Gasteiger partial charge in [-0.3, -0.25) is 0 Å². The highest BCUT2D eigenvalue weighted by molar-refractivity contribution is 9.08. The van der Waals surface area contributed by atoms with Crippen molar-refractivity contribution in [2.24, 2.45) is 0 Å². The number of benzene rings is 1. The number of alkyl halides is 1. The molecule has 0 aliphatic rings. The molecule has 0 N–H and O–H groups in total. The van der Waals surface area contributed by atoms with Crippen LogP contribution in [0.1, 0.15) is 18.4 Å². The second kappa shape index (κ2) is 3.50. The Labute approximate surface area is 85.1 Å². The molecule has 13 heavy (non-hydrogen) atoms. The Hall–Kier alpha value is -0.830. The van der Waals surface area contributed by atoms with Gasteiger partial charge in [-0.05, 0) is 17.7 Å². The van der Waals surface area contributed by atoms with Gasteiger partial charge >= 0.3 is 0 Å². The molecule has 2 rings (SSSR count). The van der Waals surface area contributed by atoms with E-state index in [1.54, 1.807) is 0 Å². The van der Waals surface area contributed by atoms with Gasteiger partial charge in [-0.1, -0.05) is 28.9 Å². The average molecular weight is 240 g/mol. The lowest BCUT2D eigenvalue weighted by atomic mass is 10.2. The molecule has 1 aromatic carbocycles. The van der Waals surface area contributed by atoms with Crippen LogP contribution in [0, 0.1) is 0 Å². The van der Waals surface area contributed by atoms with Crippen molar-refractivity contribution in [2.75, 3.05) is 0 Å². The predicted molar refractivity (Wildman–Crippen MR) is 56.0 cm³/mol. The highest BCUT2D eigenvalue weighted by Crippen LogP contribution is 2.18. The highest BCUT2D eigenvalue weighted by Gasteiger charge is 2.03. The molecule has 0 amide bonds. The maximum Gasteiger partial charge on any atom is 0.195 e. The molecule has 3 heteroatoms. The molecule has 0 aliphatic carbocycles. The van der Waals surface area contributed by atoms with Gasteiger partial charge in [-0.25, -0.2) is 4.98 Å². The summed E-state index contributed by atoms with van der Waals surface area (Å²) in [5.41, 5.74) is 3.05. The van der Waals surface area contributed by atoms with Crippen LogP contribution >= 0.6 is 15.9 Å². The molecule has 0 bridgehead atoms. The van der Waals surface area contributed by atoms with E-state index >= 15 is 0 Å². The summed E-state index contributed by atoms with van der Waals surface area (Å²) in [6.45, 7) is 2.04. The van der Waals surface area contributed by atoms with Crippen LogP contribution in [-0.2, 0) is 11.8 Å². The van der Waals surface area contributed by atoms with E-state index in [9.17, 15) is 0 Å². The van der Waals surface area contributed by atoms with Crippen LogP contribution in [0.4, 0.5) is 0 Å². The molecule has 1 aromatic heterocycles. The van der Waals surface area contributed by atoms with Gasteiger partial charge in [0.2, 0.25) is 0 Å². The lowest BCUT2D eigenvalue weighted by molar-refractivity contribution is 0.538. The second-order valence-corrected chi connectivity index (χ2v) is 3.46. The van der Waals surface area contributed by atoms with E-state index in [1.807, 2.05) is 25.1 Å². The fourth-order valence-corrected chi connectivity index (χ4v) is 1.60. The van der Waals surface area contributed by atoms with Crippen molar-refractivity contribution in [3.05, 3.63) is 29.7 Å². The standard InChI is InChI=1S/C10H10BrNO/c1-2-10-12-8-5-7(6-11)3-4-9(8)13-10/h3-5H,2,6H2,1H3. The van der Waals surface area contributed by atoms with Crippen LogP contribution in [0.25, 0.3) is 11.1 Å². The molecule has 2 nitrogen and oxygen atoms in total. The molecule has 0 saturated heterocycles. The van der Waals surface area contributed by atoms with E-state index in [4.69, 9.17) is 4.42 Å². The average Bonchev–Trinajstić information content (AvgIpc) is 2.58. The molecule has 0 fully saturated rings. The first-order valence-corrected chi connectivity index (χ1v) is 5.40. The zero-order chi connectivity index (χ0) is 9.26. The smallest absolute Gasteiger partial charge is 0.195 e. The van der Waals surface area contributed by atoms with E-state index < -0.39 is 0 Å². The SMILES string of the molecule is CCc1nc2cc(CBr)ccc2o1. The minimum Gasteiger partial charge on any atom is -0.441 e. The van der Waals surface area contributed by atoms with Gasteiger partial charge in [-0.15, -0.1) is 0 Å². The molecule has 0 spiro atoms. The summed E-state index contributed by atoms with van der Waals surface area (Å²) in [6, 6.07) is 6.06. The molecule has 0 atom stereocenters. The minimum absolute atomic E-state index is 0.807. The van der Waals surface area contributed by atoms with E-state index in [2.05, 4.69) is 20.9 Å². The maximum absolute atomic E-state index is 5.49. The van der Waals surface area contributed by atoms with E-state index in [-0.39, 0.29) is 0 Å². The summed E-state index contributed by atoms with van der Waals surface area (Å²) in [5.74, 6) is 0.807. The third-order valence-electron chi connectivity index (χ3n) is 1.95. The largest absolute Gasteiger partial charge is 0.441 e. The van der Waals surface area contributed by atoms with Gasteiger partial charge in [0.15, 0.2) is 11.5 Å². The summed E-state index contributed by atoms with van der Waals surface area (Å²) >= 11 is 3.41. The van der Waals surface area contributed by atoms with Crippen LogP contribution in [-0.4, -0.2) is 4.98 Å². The van der Waals surface area contributed by atoms with E-state index in [0.717, 1.165) is 28.7 Å². The number of nitrogens with zero attached hydrogens (tertiary/aromatic N) is 1. The molecular formula is C10H10BrNO. The van der Waals surface area contributed by atoms with Crippen molar-refractivity contribution in [3.8, 4) is 0 Å². The number of hydrogen-bond acceptors (Lipinski definition) is 2. The monoisotopic (exact) mass is 239 g/mol. The number of fused-ring (bicyclic) bond motifs is 1.